The zero-order valence-corrected chi connectivity index (χ0v) is 43.7. The number of nitro groups is 1. The Balaban J connectivity index is -0.000000382. The van der Waals surface area contributed by atoms with E-state index in [1.165, 1.54) is 73.3 Å². The van der Waals surface area contributed by atoms with Crippen LogP contribution >= 0.6 is 15.9 Å². The Kier molecular flexibility index (Phi) is 33.5. The Labute approximate surface area is 450 Å². The van der Waals surface area contributed by atoms with Crippen molar-refractivity contribution in [2.75, 3.05) is 64.4 Å². The summed E-state index contributed by atoms with van der Waals surface area (Å²) in [5.41, 5.74) is 7.41. The van der Waals surface area contributed by atoms with Gasteiger partial charge in [0, 0.05) is 109 Å². The maximum absolute atomic E-state index is 11.3. The summed E-state index contributed by atoms with van der Waals surface area (Å²) in [7, 11) is -3.67. The standard InChI is InChI=1S/C12H14N2.C8H11NO2.C8H15N.C7H6O.C6H7NO2.C5H10N2.CH2BrNO2.2CH4.CH3.BF3.FH.Pd.2H2/c1-2-4-9(5-3-1)6-14-12-10-7-13-8-11(10)12;1-3-9-7(10)5-4(2)6(5)8(9)11;1-3-9-4-7-6(2)8(7)5-9;8-6-7-4-2-1-3-5-7;1-2-7-5(8)3-4-6(7)9;6-5-3-1-7-2-4(3)5;2-1-3(4)5;;;;2-1(3)4;;;;/h1-6,10-13H,7-8H2;4-6H,3H2,1-2H3;6-8H,3-5H2,1-2H3;1-6H;3-4H,2H2,1H3;3-5,7H,1-2,6H2;1H2;2*1H4;1H3;;1H;;2*1H/q;;;;;;;;;-1;;;;;/p-1/t10-,11+,12?;4?,5-,6+;6?,7-,8+;;;3-,4+,5?;;;;;;;;;/i;;;;;;;;;;;;;1+2;. The molecule has 2 aromatic rings. The van der Waals surface area contributed by atoms with Gasteiger partial charge < -0.3 is 33.4 Å². The van der Waals surface area contributed by atoms with E-state index >= 15 is 0 Å². The van der Waals surface area contributed by atoms with Gasteiger partial charge in [-0.05, 0) is 90.5 Å². The molecule has 5 aliphatic heterocycles. The summed E-state index contributed by atoms with van der Waals surface area (Å²) in [6, 6.07) is 20.6. The first-order valence-electron chi connectivity index (χ1n) is 23.0. The van der Waals surface area contributed by atoms with Crippen molar-refractivity contribution in [3.63, 3.8) is 0 Å². The fraction of sp³-hybridized carbons (Fsp3) is 0.580. The minimum Gasteiger partial charge on any atom is -1.00 e. The normalized spacial score (nSPS) is 28.8. The molecule has 4 amide bonds. The van der Waals surface area contributed by atoms with Crippen LogP contribution in [-0.2, 0) is 39.6 Å². The molecule has 4 saturated carbocycles. The molecule has 0 spiro atoms. The molecular formula is C50H80BBrF4N8O7Pd-2. The second kappa shape index (κ2) is 34.5. The number of nitrogens with two attached hydrogens (primary N) is 1. The minimum absolute atomic E-state index is 0. The molecule has 15 nitrogen and oxygen atoms in total. The van der Waals surface area contributed by atoms with Crippen LogP contribution in [0.1, 0.15) is 68.2 Å². The Morgan fingerprint density at radius 3 is 1.46 bits per heavy atom. The van der Waals surface area contributed by atoms with Crippen LogP contribution in [0.25, 0.3) is 0 Å². The summed E-state index contributed by atoms with van der Waals surface area (Å²) in [6.45, 7) is 20.0. The average Bonchev–Trinajstić information content (AvgIpc) is 4.12. The molecule has 0 bridgehead atoms. The Morgan fingerprint density at radius 1 is 0.764 bits per heavy atom. The number of likely N-dealkylation sites (N-methyl/N-ethyl adjacent to an activating group) is 1. The van der Waals surface area contributed by atoms with Crippen LogP contribution in [0.5, 0.6) is 0 Å². The number of hydrogen-bond donors (Lipinski definition) is 3. The third-order valence-corrected chi connectivity index (χ3v) is 14.0. The van der Waals surface area contributed by atoms with Crippen molar-refractivity contribution >= 4 is 59.6 Å². The topological polar surface area (TPSA) is 201 Å². The van der Waals surface area contributed by atoms with Gasteiger partial charge in [0.1, 0.15) is 6.29 Å². The van der Waals surface area contributed by atoms with Crippen molar-refractivity contribution in [3.8, 4) is 0 Å². The molecule has 4 aliphatic carbocycles. The van der Waals surface area contributed by atoms with Crippen molar-refractivity contribution in [1.29, 1.82) is 0 Å². The number of hydrogen-bond acceptors (Lipinski definition) is 12. The fourth-order valence-corrected chi connectivity index (χ4v) is 9.23. The third kappa shape index (κ3) is 20.7. The van der Waals surface area contributed by atoms with E-state index in [1.54, 1.807) is 19.1 Å². The zero-order chi connectivity index (χ0) is 49.4. The number of nitrogens with zero attached hydrogens (tertiary/aromatic N) is 5. The van der Waals surface area contributed by atoms with Crippen LogP contribution in [0.2, 0.25) is 0 Å². The third-order valence-electron chi connectivity index (χ3n) is 13.6. The van der Waals surface area contributed by atoms with Crippen LogP contribution in [0.15, 0.2) is 77.8 Å². The first-order chi connectivity index (χ1) is 32.0. The van der Waals surface area contributed by atoms with Gasteiger partial charge in [0.05, 0.1) is 17.9 Å². The van der Waals surface area contributed by atoms with E-state index in [9.17, 15) is 36.9 Å². The molecule has 8 fully saturated rings. The van der Waals surface area contributed by atoms with E-state index in [0.717, 1.165) is 53.3 Å². The summed E-state index contributed by atoms with van der Waals surface area (Å²) < 4.78 is 29.0. The van der Waals surface area contributed by atoms with Crippen molar-refractivity contribution in [2.24, 2.45) is 69.9 Å². The van der Waals surface area contributed by atoms with E-state index in [-0.39, 0.29) is 91.2 Å². The Hall–Kier alpha value is -4.03. The Bertz CT molecular complexity index is 1960. The van der Waals surface area contributed by atoms with Crippen molar-refractivity contribution in [3.05, 3.63) is 101 Å². The molecule has 4 unspecified atom stereocenters. The van der Waals surface area contributed by atoms with Crippen LogP contribution in [0, 0.1) is 76.7 Å². The number of nitrogens with one attached hydrogen (secondary N) is 2. The monoisotopic (exact) mass is 1180 g/mol. The number of carbonyl (C=O) groups excluding carboxylic acids is 5. The molecule has 4 N–H and O–H groups in total. The average molecular weight is 1180 g/mol. The predicted molar refractivity (Wildman–Crippen MR) is 280 cm³/mol. The number of alkyl halides is 1. The molecule has 12 atom stereocenters. The number of piperidine rings is 4. The number of aliphatic imine (C=N–C) groups is 1. The van der Waals surface area contributed by atoms with E-state index < -0.39 is 12.5 Å². The first kappa shape index (κ1) is 70.0. The van der Waals surface area contributed by atoms with Gasteiger partial charge in [0.15, 0.2) is 0 Å². The van der Waals surface area contributed by atoms with Gasteiger partial charge in [-0.3, -0.25) is 61.8 Å². The van der Waals surface area contributed by atoms with Crippen LogP contribution in [0.3, 0.4) is 0 Å². The molecular weight excluding hydrogens is 1100 g/mol. The maximum Gasteiger partial charge on any atom is 0.762 e. The van der Waals surface area contributed by atoms with E-state index in [1.807, 2.05) is 44.3 Å². The summed E-state index contributed by atoms with van der Waals surface area (Å²) in [5.74, 6) is 6.69. The minimum atomic E-state index is -3.67. The van der Waals surface area contributed by atoms with Gasteiger partial charge in [-0.25, -0.2) is 0 Å². The molecule has 72 heavy (non-hydrogen) atoms. The van der Waals surface area contributed by atoms with Crippen LogP contribution < -0.4 is 21.1 Å². The molecule has 2 aromatic carbocycles. The zero-order valence-electron chi connectivity index (χ0n) is 40.5. The number of rotatable bonds is 7. The van der Waals surface area contributed by atoms with Gasteiger partial charge in [-0.15, -0.1) is 0 Å². The van der Waals surface area contributed by atoms with Gasteiger partial charge >= 0.3 is 7.54 Å². The smallest absolute Gasteiger partial charge is 0.762 e. The molecule has 0 radical (unpaired) electrons. The largest absolute Gasteiger partial charge is 1.00 e. The van der Waals surface area contributed by atoms with Crippen molar-refractivity contribution in [2.45, 2.75) is 61.6 Å². The SMILES string of the molecule is C.C.C(=NC1[C@H]2CNC[C@@H]12)c1ccccc1.CCN1C(=O)C=CC1=O.CCN1C(=O)[C@@H]2C(C)[C@@H]2C1=O.CCN1C[C@@H]2C(C)[C@@H]2C1.FB(F)F.NC1[C@H]2CNC[C@@H]12.O=Cc1ccccc1.O=[N+]([O-])CBr.[3HH].[CH3-].[F-].[HH].[Pd]. The maximum atomic E-state index is 11.3. The number of amides is 4. The van der Waals surface area contributed by atoms with Gasteiger partial charge in [0.2, 0.25) is 11.8 Å². The van der Waals surface area contributed by atoms with E-state index in [2.05, 4.69) is 74.6 Å². The van der Waals surface area contributed by atoms with Gasteiger partial charge in [-0.1, -0.05) is 96.3 Å². The summed E-state index contributed by atoms with van der Waals surface area (Å²) in [6.07, 6.45) is 5.42. The van der Waals surface area contributed by atoms with Crippen molar-refractivity contribution in [1.82, 2.24) is 25.3 Å². The van der Waals surface area contributed by atoms with Crippen LogP contribution in [0.4, 0.5) is 12.9 Å². The van der Waals surface area contributed by atoms with E-state index in [0.29, 0.717) is 31.1 Å². The molecule has 5 heterocycles. The number of fused-ring (bicyclic) bond motifs is 4. The predicted octanol–water partition coefficient (Wildman–Crippen LogP) is 4.09. The number of carbonyl (C=O) groups is 5. The summed E-state index contributed by atoms with van der Waals surface area (Å²) in [4.78, 5) is 72.3. The molecule has 412 valence electrons. The number of benzene rings is 2. The summed E-state index contributed by atoms with van der Waals surface area (Å²) in [5, 5.41) is 15.8. The van der Waals surface area contributed by atoms with Crippen LogP contribution in [-0.4, -0.2) is 140 Å². The second-order valence-electron chi connectivity index (χ2n) is 17.6. The Morgan fingerprint density at radius 2 is 1.15 bits per heavy atom. The molecule has 11 rings (SSSR count). The molecule has 9 aliphatic rings. The number of likely N-dealkylation sites (tertiary alicyclic amines) is 2. The van der Waals surface area contributed by atoms with Crippen molar-refractivity contribution < 1.29 is 69.8 Å². The number of aldehydes is 1. The molecule has 22 heteroatoms. The summed E-state index contributed by atoms with van der Waals surface area (Å²) >= 11 is 2.61. The van der Waals surface area contributed by atoms with E-state index in [4.69, 9.17) is 15.8 Å². The number of imide groups is 2. The fourth-order valence-electron chi connectivity index (χ4n) is 9.23. The first-order valence-corrected chi connectivity index (χ1v) is 24.1. The molecule has 4 saturated heterocycles. The second-order valence-corrected chi connectivity index (χ2v) is 18.1. The quantitative estimate of drug-likeness (QED) is 0.0345. The van der Waals surface area contributed by atoms with Gasteiger partial charge in [0.25, 0.3) is 17.3 Å². The molecule has 0 aromatic heterocycles. The van der Waals surface area contributed by atoms with Gasteiger partial charge in [-0.2, -0.15) is 0 Å². The number of halogens is 5.